The minimum atomic E-state index is -0.619. The molecule has 0 saturated heterocycles. The Kier molecular flexibility index (Phi) is 3.53. The molecule has 6 heteroatoms. The van der Waals surface area contributed by atoms with Crippen LogP contribution in [0.4, 0.5) is 5.69 Å². The van der Waals surface area contributed by atoms with Crippen LogP contribution in [0.2, 0.25) is 0 Å². The Morgan fingerprint density at radius 1 is 1.30 bits per heavy atom. The number of aromatic hydroxyl groups is 1. The molecule has 0 fully saturated rings. The van der Waals surface area contributed by atoms with Crippen LogP contribution in [0.25, 0.3) is 0 Å². The SMILES string of the molecule is Cc1cc(O)cc(Oc2ccc(C#N)cc2[N+](=O)[O-])c1. The number of nitro benzene ring substituents is 1. The van der Waals surface area contributed by atoms with E-state index in [2.05, 4.69) is 0 Å². The number of hydrogen-bond acceptors (Lipinski definition) is 5. The number of aryl methyl sites for hydroxylation is 1. The number of hydrogen-bond donors (Lipinski definition) is 1. The van der Waals surface area contributed by atoms with Gasteiger partial charge in [0.15, 0.2) is 0 Å². The van der Waals surface area contributed by atoms with Crippen molar-refractivity contribution in [3.05, 3.63) is 57.6 Å². The van der Waals surface area contributed by atoms with E-state index in [9.17, 15) is 15.2 Å². The highest BCUT2D eigenvalue weighted by molar-refractivity contribution is 5.53. The summed E-state index contributed by atoms with van der Waals surface area (Å²) in [6.45, 7) is 1.76. The van der Waals surface area contributed by atoms with Crippen LogP contribution in [-0.4, -0.2) is 10.0 Å². The largest absolute Gasteiger partial charge is 0.508 e. The lowest BCUT2D eigenvalue weighted by Crippen LogP contribution is -1.94. The summed E-state index contributed by atoms with van der Waals surface area (Å²) in [6, 6.07) is 10.3. The lowest BCUT2D eigenvalue weighted by Gasteiger charge is -2.07. The van der Waals surface area contributed by atoms with Crippen LogP contribution >= 0.6 is 0 Å². The van der Waals surface area contributed by atoms with E-state index in [0.29, 0.717) is 0 Å². The van der Waals surface area contributed by atoms with E-state index in [1.807, 2.05) is 6.07 Å². The second kappa shape index (κ2) is 5.28. The standard InChI is InChI=1S/C14H10N2O4/c1-9-4-11(17)7-12(5-9)20-14-3-2-10(8-15)6-13(14)16(18)19/h2-7,17H,1H3. The summed E-state index contributed by atoms with van der Waals surface area (Å²) in [5.74, 6) is 0.311. The van der Waals surface area contributed by atoms with Crippen molar-refractivity contribution in [3.63, 3.8) is 0 Å². The van der Waals surface area contributed by atoms with Crippen molar-refractivity contribution in [2.45, 2.75) is 6.92 Å². The van der Waals surface area contributed by atoms with Gasteiger partial charge in [0.05, 0.1) is 16.6 Å². The topological polar surface area (TPSA) is 96.4 Å². The molecule has 0 bridgehead atoms. The predicted octanol–water partition coefficient (Wildman–Crippen LogP) is 3.27. The zero-order chi connectivity index (χ0) is 14.7. The smallest absolute Gasteiger partial charge is 0.312 e. The number of benzene rings is 2. The highest BCUT2D eigenvalue weighted by atomic mass is 16.6. The van der Waals surface area contributed by atoms with Gasteiger partial charge in [0.1, 0.15) is 11.5 Å². The summed E-state index contributed by atoms with van der Waals surface area (Å²) in [7, 11) is 0. The molecule has 0 aliphatic rings. The average Bonchev–Trinajstić information content (AvgIpc) is 2.37. The maximum Gasteiger partial charge on any atom is 0.312 e. The van der Waals surface area contributed by atoms with Crippen molar-refractivity contribution < 1.29 is 14.8 Å². The van der Waals surface area contributed by atoms with Crippen LogP contribution in [0.3, 0.4) is 0 Å². The van der Waals surface area contributed by atoms with E-state index in [1.54, 1.807) is 19.1 Å². The Labute approximate surface area is 114 Å². The fourth-order valence-corrected chi connectivity index (χ4v) is 1.73. The quantitative estimate of drug-likeness (QED) is 0.681. The summed E-state index contributed by atoms with van der Waals surface area (Å²) >= 11 is 0. The van der Waals surface area contributed by atoms with E-state index in [1.165, 1.54) is 18.2 Å². The van der Waals surface area contributed by atoms with Crippen molar-refractivity contribution in [1.29, 1.82) is 5.26 Å². The maximum atomic E-state index is 11.0. The average molecular weight is 270 g/mol. The zero-order valence-corrected chi connectivity index (χ0v) is 10.5. The van der Waals surface area contributed by atoms with Gasteiger partial charge in [-0.05, 0) is 36.8 Å². The number of rotatable bonds is 3. The molecule has 0 saturated carbocycles. The number of nitro groups is 1. The first kappa shape index (κ1) is 13.4. The monoisotopic (exact) mass is 270 g/mol. The third-order valence-electron chi connectivity index (χ3n) is 2.55. The minimum absolute atomic E-state index is 0.0105. The molecule has 2 rings (SSSR count). The molecular formula is C14H10N2O4. The normalized spacial score (nSPS) is 9.80. The van der Waals surface area contributed by atoms with Crippen LogP contribution < -0.4 is 4.74 Å². The third-order valence-corrected chi connectivity index (χ3v) is 2.55. The predicted molar refractivity (Wildman–Crippen MR) is 70.7 cm³/mol. The van der Waals surface area contributed by atoms with Crippen molar-refractivity contribution in [1.82, 2.24) is 0 Å². The van der Waals surface area contributed by atoms with Gasteiger partial charge in [-0.15, -0.1) is 0 Å². The van der Waals surface area contributed by atoms with Gasteiger partial charge in [-0.25, -0.2) is 0 Å². The van der Waals surface area contributed by atoms with Gasteiger partial charge in [-0.1, -0.05) is 0 Å². The van der Waals surface area contributed by atoms with Gasteiger partial charge in [-0.3, -0.25) is 10.1 Å². The number of phenols is 1. The molecule has 0 spiro atoms. The second-order valence-electron chi connectivity index (χ2n) is 4.16. The summed E-state index contributed by atoms with van der Waals surface area (Å²) in [5, 5.41) is 29.2. The lowest BCUT2D eigenvalue weighted by molar-refractivity contribution is -0.385. The Morgan fingerprint density at radius 2 is 2.05 bits per heavy atom. The highest BCUT2D eigenvalue weighted by Crippen LogP contribution is 2.33. The number of ether oxygens (including phenoxy) is 1. The lowest BCUT2D eigenvalue weighted by atomic mass is 10.2. The van der Waals surface area contributed by atoms with Crippen LogP contribution in [-0.2, 0) is 0 Å². The molecular weight excluding hydrogens is 260 g/mol. The second-order valence-corrected chi connectivity index (χ2v) is 4.16. The van der Waals surface area contributed by atoms with E-state index >= 15 is 0 Å². The molecule has 0 aromatic heterocycles. The third kappa shape index (κ3) is 2.84. The van der Waals surface area contributed by atoms with Gasteiger partial charge in [0.2, 0.25) is 5.75 Å². The molecule has 0 amide bonds. The van der Waals surface area contributed by atoms with Gasteiger partial charge in [-0.2, -0.15) is 5.26 Å². The Morgan fingerprint density at radius 3 is 2.65 bits per heavy atom. The first-order valence-corrected chi connectivity index (χ1v) is 5.66. The van der Waals surface area contributed by atoms with Crippen molar-refractivity contribution in [2.24, 2.45) is 0 Å². The van der Waals surface area contributed by atoms with Gasteiger partial charge >= 0.3 is 5.69 Å². The van der Waals surface area contributed by atoms with Crippen molar-refractivity contribution >= 4 is 5.69 Å². The number of phenolic OH excluding ortho intramolecular Hbond substituents is 1. The minimum Gasteiger partial charge on any atom is -0.508 e. The molecule has 20 heavy (non-hydrogen) atoms. The van der Waals surface area contributed by atoms with Crippen molar-refractivity contribution in [2.75, 3.05) is 0 Å². The maximum absolute atomic E-state index is 11.0. The van der Waals surface area contributed by atoms with Crippen LogP contribution in [0.5, 0.6) is 17.2 Å². The van der Waals surface area contributed by atoms with E-state index < -0.39 is 4.92 Å². The van der Waals surface area contributed by atoms with Crippen LogP contribution in [0.1, 0.15) is 11.1 Å². The Bertz CT molecular complexity index is 699. The summed E-state index contributed by atoms with van der Waals surface area (Å²) in [6.07, 6.45) is 0. The summed E-state index contributed by atoms with van der Waals surface area (Å²) in [5.41, 5.74) is 0.637. The van der Waals surface area contributed by atoms with E-state index in [0.717, 1.165) is 11.6 Å². The molecule has 0 heterocycles. The highest BCUT2D eigenvalue weighted by Gasteiger charge is 2.17. The molecule has 0 atom stereocenters. The fourth-order valence-electron chi connectivity index (χ4n) is 1.73. The molecule has 0 aliphatic carbocycles. The van der Waals surface area contributed by atoms with E-state index in [4.69, 9.17) is 10.00 Å². The molecule has 0 radical (unpaired) electrons. The zero-order valence-electron chi connectivity index (χ0n) is 10.5. The Hall–Kier alpha value is -3.07. The van der Waals surface area contributed by atoms with Gasteiger partial charge in [0, 0.05) is 12.1 Å². The molecule has 1 N–H and O–H groups in total. The molecule has 0 unspecified atom stereocenters. The van der Waals surface area contributed by atoms with Crippen LogP contribution in [0, 0.1) is 28.4 Å². The van der Waals surface area contributed by atoms with Gasteiger partial charge < -0.3 is 9.84 Å². The first-order valence-electron chi connectivity index (χ1n) is 5.66. The van der Waals surface area contributed by atoms with E-state index in [-0.39, 0.29) is 28.5 Å². The molecule has 100 valence electrons. The molecule has 2 aromatic rings. The molecule has 2 aromatic carbocycles. The molecule has 6 nitrogen and oxygen atoms in total. The summed E-state index contributed by atoms with van der Waals surface area (Å²) in [4.78, 5) is 10.4. The van der Waals surface area contributed by atoms with Crippen molar-refractivity contribution in [3.8, 4) is 23.3 Å². The molecule has 0 aliphatic heterocycles. The Balaban J connectivity index is 2.43. The number of nitrogens with zero attached hydrogens (tertiary/aromatic N) is 2. The summed E-state index contributed by atoms with van der Waals surface area (Å²) < 4.78 is 5.42. The van der Waals surface area contributed by atoms with Crippen LogP contribution in [0.15, 0.2) is 36.4 Å². The fraction of sp³-hybridized carbons (Fsp3) is 0.0714. The van der Waals surface area contributed by atoms with Gasteiger partial charge in [0.25, 0.3) is 0 Å². The first-order chi connectivity index (χ1) is 9.49. The number of nitriles is 1.